The Labute approximate surface area is 153 Å². The molecular formula is C20H17N3O2S. The van der Waals surface area contributed by atoms with E-state index in [9.17, 15) is 4.79 Å². The van der Waals surface area contributed by atoms with Crippen molar-refractivity contribution in [2.45, 2.75) is 0 Å². The Hall–Kier alpha value is -2.70. The van der Waals surface area contributed by atoms with Crippen molar-refractivity contribution >= 4 is 38.2 Å². The summed E-state index contributed by atoms with van der Waals surface area (Å²) >= 11 is 1.51. The van der Waals surface area contributed by atoms with Gasteiger partial charge in [0.2, 0.25) is 0 Å². The van der Waals surface area contributed by atoms with Crippen molar-refractivity contribution in [3.63, 3.8) is 0 Å². The highest BCUT2D eigenvalue weighted by Gasteiger charge is 2.15. The molecule has 3 heterocycles. The summed E-state index contributed by atoms with van der Waals surface area (Å²) in [4.78, 5) is 19.5. The molecule has 0 atom stereocenters. The quantitative estimate of drug-likeness (QED) is 0.553. The number of piperazine rings is 1. The number of aromatic nitrogens is 1. The molecule has 0 saturated carbocycles. The molecule has 1 N–H and O–H groups in total. The molecule has 0 spiro atoms. The fourth-order valence-corrected chi connectivity index (χ4v) is 4.33. The predicted molar refractivity (Wildman–Crippen MR) is 106 cm³/mol. The topological polar surface area (TPSA) is 58.4 Å². The Balaban J connectivity index is 1.59. The Morgan fingerprint density at radius 2 is 1.92 bits per heavy atom. The number of rotatable bonds is 2. The summed E-state index contributed by atoms with van der Waals surface area (Å²) in [5.74, 6) is 0. The molecule has 0 aliphatic carbocycles. The van der Waals surface area contributed by atoms with Crippen LogP contribution in [-0.2, 0) is 0 Å². The molecule has 26 heavy (non-hydrogen) atoms. The van der Waals surface area contributed by atoms with Crippen LogP contribution in [0.2, 0.25) is 0 Å². The molecule has 4 aromatic rings. The van der Waals surface area contributed by atoms with Gasteiger partial charge in [-0.1, -0.05) is 12.1 Å². The zero-order valence-corrected chi connectivity index (χ0v) is 14.9. The van der Waals surface area contributed by atoms with Crippen molar-refractivity contribution in [3.05, 3.63) is 59.0 Å². The maximum Gasteiger partial charge on any atom is 0.346 e. The number of anilines is 1. The number of benzene rings is 2. The SMILES string of the molecule is O=c1oc2cc(N3CCNCC3)ccc2cc1-c1nc2ccccc2s1. The molecule has 0 radical (unpaired) electrons. The van der Waals surface area contributed by atoms with Crippen LogP contribution in [0.3, 0.4) is 0 Å². The molecule has 2 aromatic carbocycles. The van der Waals surface area contributed by atoms with Crippen LogP contribution < -0.4 is 15.8 Å². The third kappa shape index (κ3) is 2.67. The van der Waals surface area contributed by atoms with Gasteiger partial charge in [0.25, 0.3) is 0 Å². The minimum atomic E-state index is -0.339. The number of nitrogens with one attached hydrogen (secondary N) is 1. The summed E-state index contributed by atoms with van der Waals surface area (Å²) in [6.07, 6.45) is 0. The second-order valence-corrected chi connectivity index (χ2v) is 7.42. The molecule has 1 aliphatic rings. The second kappa shape index (κ2) is 6.23. The molecule has 1 saturated heterocycles. The van der Waals surface area contributed by atoms with Gasteiger partial charge in [-0.25, -0.2) is 9.78 Å². The summed E-state index contributed by atoms with van der Waals surface area (Å²) in [6, 6.07) is 15.9. The molecule has 5 nitrogen and oxygen atoms in total. The molecule has 0 amide bonds. The van der Waals surface area contributed by atoms with Gasteiger partial charge in [-0.05, 0) is 30.3 Å². The predicted octanol–water partition coefficient (Wildman–Crippen LogP) is 3.48. The van der Waals surface area contributed by atoms with E-state index in [2.05, 4.69) is 21.3 Å². The molecule has 1 fully saturated rings. The summed E-state index contributed by atoms with van der Waals surface area (Å²) in [5, 5.41) is 4.96. The van der Waals surface area contributed by atoms with Crippen molar-refractivity contribution in [1.82, 2.24) is 10.3 Å². The van der Waals surface area contributed by atoms with Gasteiger partial charge in [0.05, 0.1) is 15.8 Å². The van der Waals surface area contributed by atoms with Crippen molar-refractivity contribution in [2.75, 3.05) is 31.1 Å². The van der Waals surface area contributed by atoms with Crippen LogP contribution in [0.1, 0.15) is 0 Å². The number of hydrogen-bond donors (Lipinski definition) is 1. The normalized spacial score (nSPS) is 15.0. The maximum atomic E-state index is 12.6. The highest BCUT2D eigenvalue weighted by Crippen LogP contribution is 2.30. The van der Waals surface area contributed by atoms with Crippen molar-refractivity contribution in [3.8, 4) is 10.6 Å². The summed E-state index contributed by atoms with van der Waals surface area (Å²) in [5.41, 5.74) is 2.80. The smallest absolute Gasteiger partial charge is 0.346 e. The van der Waals surface area contributed by atoms with Crippen LogP contribution in [-0.4, -0.2) is 31.2 Å². The first kappa shape index (κ1) is 15.5. The first-order valence-electron chi connectivity index (χ1n) is 8.67. The van der Waals surface area contributed by atoms with Crippen molar-refractivity contribution in [2.24, 2.45) is 0 Å². The average molecular weight is 363 g/mol. The van der Waals surface area contributed by atoms with Crippen LogP contribution in [0.25, 0.3) is 31.8 Å². The maximum absolute atomic E-state index is 12.6. The molecule has 0 bridgehead atoms. The number of nitrogens with zero attached hydrogens (tertiary/aromatic N) is 2. The lowest BCUT2D eigenvalue weighted by Crippen LogP contribution is -2.43. The molecule has 0 unspecified atom stereocenters. The first-order valence-corrected chi connectivity index (χ1v) is 9.49. The fourth-order valence-electron chi connectivity index (χ4n) is 3.36. The molecule has 5 rings (SSSR count). The van der Waals surface area contributed by atoms with E-state index in [1.165, 1.54) is 11.3 Å². The van der Waals surface area contributed by atoms with E-state index in [1.54, 1.807) is 0 Å². The average Bonchev–Trinajstić information content (AvgIpc) is 3.11. The van der Waals surface area contributed by atoms with E-state index in [-0.39, 0.29) is 5.63 Å². The van der Waals surface area contributed by atoms with E-state index in [0.29, 0.717) is 16.2 Å². The summed E-state index contributed by atoms with van der Waals surface area (Å²) < 4.78 is 6.71. The number of thiazole rings is 1. The van der Waals surface area contributed by atoms with Crippen LogP contribution >= 0.6 is 11.3 Å². The van der Waals surface area contributed by atoms with Gasteiger partial charge in [0.1, 0.15) is 10.6 Å². The van der Waals surface area contributed by atoms with E-state index >= 15 is 0 Å². The minimum absolute atomic E-state index is 0.339. The lowest BCUT2D eigenvalue weighted by molar-refractivity contribution is 0.561. The zero-order chi connectivity index (χ0) is 17.5. The van der Waals surface area contributed by atoms with E-state index < -0.39 is 0 Å². The van der Waals surface area contributed by atoms with Gasteiger partial charge >= 0.3 is 5.63 Å². The van der Waals surface area contributed by atoms with E-state index in [1.807, 2.05) is 42.5 Å². The molecule has 2 aromatic heterocycles. The van der Waals surface area contributed by atoms with Crippen molar-refractivity contribution < 1.29 is 4.42 Å². The van der Waals surface area contributed by atoms with E-state index in [4.69, 9.17) is 4.42 Å². The summed E-state index contributed by atoms with van der Waals surface area (Å²) in [6.45, 7) is 3.86. The third-order valence-electron chi connectivity index (χ3n) is 4.73. The lowest BCUT2D eigenvalue weighted by Gasteiger charge is -2.29. The highest BCUT2D eigenvalue weighted by atomic mass is 32.1. The van der Waals surface area contributed by atoms with E-state index in [0.717, 1.165) is 47.5 Å². The number of para-hydroxylation sites is 1. The van der Waals surface area contributed by atoms with Crippen LogP contribution in [0.4, 0.5) is 5.69 Å². The highest BCUT2D eigenvalue weighted by molar-refractivity contribution is 7.21. The van der Waals surface area contributed by atoms with Crippen LogP contribution in [0.5, 0.6) is 0 Å². The zero-order valence-electron chi connectivity index (χ0n) is 14.1. The lowest BCUT2D eigenvalue weighted by atomic mass is 10.1. The van der Waals surface area contributed by atoms with Gasteiger partial charge in [0.15, 0.2) is 0 Å². The van der Waals surface area contributed by atoms with Crippen LogP contribution in [0, 0.1) is 0 Å². The van der Waals surface area contributed by atoms with Gasteiger partial charge in [-0.3, -0.25) is 0 Å². The largest absolute Gasteiger partial charge is 0.422 e. The molecule has 6 heteroatoms. The monoisotopic (exact) mass is 363 g/mol. The molecule has 130 valence electrons. The standard InChI is InChI=1S/C20H17N3O2S/c24-20-15(19-22-16-3-1-2-4-18(16)26-19)11-13-5-6-14(12-17(13)25-20)23-9-7-21-8-10-23/h1-6,11-12,21H,7-10H2. The van der Waals surface area contributed by atoms with Gasteiger partial charge in [0, 0.05) is 43.3 Å². The first-order chi connectivity index (χ1) is 12.8. The Morgan fingerprint density at radius 1 is 1.08 bits per heavy atom. The van der Waals surface area contributed by atoms with Gasteiger partial charge < -0.3 is 14.6 Å². The van der Waals surface area contributed by atoms with Crippen LogP contribution in [0.15, 0.2) is 57.7 Å². The Bertz CT molecular complexity index is 1130. The molecule has 1 aliphatic heterocycles. The Kier molecular flexibility index (Phi) is 3.72. The molecular weight excluding hydrogens is 346 g/mol. The second-order valence-electron chi connectivity index (χ2n) is 6.39. The Morgan fingerprint density at radius 3 is 2.77 bits per heavy atom. The van der Waals surface area contributed by atoms with Gasteiger partial charge in [-0.2, -0.15) is 0 Å². The number of fused-ring (bicyclic) bond motifs is 2. The van der Waals surface area contributed by atoms with Crippen molar-refractivity contribution in [1.29, 1.82) is 0 Å². The summed E-state index contributed by atoms with van der Waals surface area (Å²) in [7, 11) is 0. The third-order valence-corrected chi connectivity index (χ3v) is 5.80. The fraction of sp³-hybridized carbons (Fsp3) is 0.200. The minimum Gasteiger partial charge on any atom is -0.422 e. The number of hydrogen-bond acceptors (Lipinski definition) is 6. The van der Waals surface area contributed by atoms with Gasteiger partial charge in [-0.15, -0.1) is 11.3 Å².